The first-order valence-electron chi connectivity index (χ1n) is 5.84. The first-order valence-corrected chi connectivity index (χ1v) is 5.84. The fourth-order valence-corrected chi connectivity index (χ4v) is 2.77. The highest BCUT2D eigenvalue weighted by atomic mass is 16.5. The third kappa shape index (κ3) is 2.28. The number of aryl methyl sites for hydroxylation is 1. The second-order valence-electron chi connectivity index (χ2n) is 4.81. The van der Waals surface area contributed by atoms with Gasteiger partial charge in [0.25, 0.3) is 0 Å². The molecule has 1 aliphatic rings. The van der Waals surface area contributed by atoms with Crippen molar-refractivity contribution in [3.05, 3.63) is 35.4 Å². The Morgan fingerprint density at radius 1 is 1.06 bits per heavy atom. The van der Waals surface area contributed by atoms with Crippen LogP contribution in [0, 0.1) is 5.41 Å². The largest absolute Gasteiger partial charge is 0.384 e. The fraction of sp³-hybridized carbons (Fsp3) is 0.571. The Kier molecular flexibility index (Phi) is 3.62. The molecule has 2 rings (SSSR count). The number of rotatable bonds is 4. The maximum Gasteiger partial charge on any atom is 0.0544 e. The van der Waals surface area contributed by atoms with Crippen molar-refractivity contribution in [1.29, 1.82) is 0 Å². The van der Waals surface area contributed by atoms with Crippen molar-refractivity contribution in [3.63, 3.8) is 0 Å². The molecule has 0 unspecified atom stereocenters. The zero-order valence-electron chi connectivity index (χ0n) is 10.2. The Morgan fingerprint density at radius 2 is 1.69 bits per heavy atom. The maximum absolute atomic E-state index is 5.37. The van der Waals surface area contributed by atoms with E-state index in [2.05, 4.69) is 24.3 Å². The summed E-state index contributed by atoms with van der Waals surface area (Å²) in [6.45, 7) is 1.57. The van der Waals surface area contributed by atoms with E-state index in [4.69, 9.17) is 9.47 Å². The monoisotopic (exact) mass is 220 g/mol. The number of hydrogen-bond acceptors (Lipinski definition) is 2. The second-order valence-corrected chi connectivity index (χ2v) is 4.81. The van der Waals surface area contributed by atoms with Gasteiger partial charge in [-0.1, -0.05) is 24.3 Å². The smallest absolute Gasteiger partial charge is 0.0544 e. The zero-order valence-corrected chi connectivity index (χ0v) is 10.2. The van der Waals surface area contributed by atoms with Crippen LogP contribution in [0.3, 0.4) is 0 Å². The predicted molar refractivity (Wildman–Crippen MR) is 64.7 cm³/mol. The lowest BCUT2D eigenvalue weighted by atomic mass is 9.72. The molecular weight excluding hydrogens is 200 g/mol. The van der Waals surface area contributed by atoms with Crippen molar-refractivity contribution in [2.45, 2.75) is 19.3 Å². The maximum atomic E-state index is 5.37. The minimum Gasteiger partial charge on any atom is -0.384 e. The van der Waals surface area contributed by atoms with Gasteiger partial charge in [-0.05, 0) is 30.4 Å². The summed E-state index contributed by atoms with van der Waals surface area (Å²) >= 11 is 0. The van der Waals surface area contributed by atoms with E-state index in [0.717, 1.165) is 32.5 Å². The van der Waals surface area contributed by atoms with Gasteiger partial charge in [0.2, 0.25) is 0 Å². The lowest BCUT2D eigenvalue weighted by molar-refractivity contribution is 0.00114. The van der Waals surface area contributed by atoms with Crippen LogP contribution < -0.4 is 0 Å². The number of fused-ring (bicyclic) bond motifs is 1. The van der Waals surface area contributed by atoms with E-state index in [0.29, 0.717) is 0 Å². The van der Waals surface area contributed by atoms with E-state index in [1.807, 2.05) is 0 Å². The number of ether oxygens (including phenoxy) is 2. The van der Waals surface area contributed by atoms with Gasteiger partial charge in [-0.3, -0.25) is 0 Å². The lowest BCUT2D eigenvalue weighted by Gasteiger charge is -2.37. The highest BCUT2D eigenvalue weighted by Crippen LogP contribution is 2.36. The Labute approximate surface area is 97.6 Å². The van der Waals surface area contributed by atoms with Crippen LogP contribution >= 0.6 is 0 Å². The van der Waals surface area contributed by atoms with Crippen LogP contribution in [0.1, 0.15) is 17.5 Å². The van der Waals surface area contributed by atoms with Crippen molar-refractivity contribution in [2.75, 3.05) is 27.4 Å². The molecule has 1 aromatic carbocycles. The van der Waals surface area contributed by atoms with Crippen LogP contribution in [0.15, 0.2) is 24.3 Å². The molecule has 0 fully saturated rings. The summed E-state index contributed by atoms with van der Waals surface area (Å²) in [7, 11) is 3.55. The summed E-state index contributed by atoms with van der Waals surface area (Å²) in [5.41, 5.74) is 3.13. The first kappa shape index (κ1) is 11.6. The summed E-state index contributed by atoms with van der Waals surface area (Å²) < 4.78 is 10.7. The van der Waals surface area contributed by atoms with Crippen LogP contribution in [0.4, 0.5) is 0 Å². The number of hydrogen-bond donors (Lipinski definition) is 0. The normalized spacial score (nSPS) is 18.1. The Morgan fingerprint density at radius 3 is 2.31 bits per heavy atom. The SMILES string of the molecule is COCC1(COC)CCc2ccccc2C1. The molecule has 0 aromatic heterocycles. The first-order chi connectivity index (χ1) is 7.79. The van der Waals surface area contributed by atoms with Crippen LogP contribution in [0.5, 0.6) is 0 Å². The van der Waals surface area contributed by atoms with Crippen molar-refractivity contribution < 1.29 is 9.47 Å². The average molecular weight is 220 g/mol. The second kappa shape index (κ2) is 4.98. The van der Waals surface area contributed by atoms with Crippen LogP contribution in [0.2, 0.25) is 0 Å². The molecule has 0 radical (unpaired) electrons. The van der Waals surface area contributed by atoms with E-state index in [-0.39, 0.29) is 5.41 Å². The molecule has 0 saturated carbocycles. The van der Waals surface area contributed by atoms with E-state index < -0.39 is 0 Å². The van der Waals surface area contributed by atoms with E-state index in [1.165, 1.54) is 11.1 Å². The van der Waals surface area contributed by atoms with Gasteiger partial charge in [0.05, 0.1) is 13.2 Å². The van der Waals surface area contributed by atoms with Crippen molar-refractivity contribution in [1.82, 2.24) is 0 Å². The molecule has 0 bridgehead atoms. The molecule has 2 heteroatoms. The molecule has 1 aromatic rings. The minimum atomic E-state index is 0.178. The molecule has 0 aliphatic heterocycles. The number of methoxy groups -OCH3 is 2. The average Bonchev–Trinajstić information content (AvgIpc) is 2.30. The quantitative estimate of drug-likeness (QED) is 0.776. The molecule has 88 valence electrons. The number of benzene rings is 1. The van der Waals surface area contributed by atoms with E-state index in [1.54, 1.807) is 14.2 Å². The molecule has 0 amide bonds. The third-order valence-electron chi connectivity index (χ3n) is 3.51. The van der Waals surface area contributed by atoms with Crippen LogP contribution in [-0.2, 0) is 22.3 Å². The van der Waals surface area contributed by atoms with Gasteiger partial charge in [0.15, 0.2) is 0 Å². The van der Waals surface area contributed by atoms with E-state index >= 15 is 0 Å². The summed E-state index contributed by atoms with van der Waals surface area (Å²) in [6.07, 6.45) is 3.37. The summed E-state index contributed by atoms with van der Waals surface area (Å²) in [6, 6.07) is 8.71. The summed E-state index contributed by atoms with van der Waals surface area (Å²) in [4.78, 5) is 0. The Balaban J connectivity index is 2.20. The van der Waals surface area contributed by atoms with Crippen molar-refractivity contribution >= 4 is 0 Å². The predicted octanol–water partition coefficient (Wildman–Crippen LogP) is 2.45. The standard InChI is InChI=1S/C14H20O2/c1-15-10-14(11-16-2)8-7-12-5-3-4-6-13(12)9-14/h3-6H,7-11H2,1-2H3. The summed E-state index contributed by atoms with van der Waals surface area (Å²) in [5, 5.41) is 0. The third-order valence-corrected chi connectivity index (χ3v) is 3.51. The topological polar surface area (TPSA) is 18.5 Å². The minimum absolute atomic E-state index is 0.178. The molecule has 0 heterocycles. The molecule has 2 nitrogen and oxygen atoms in total. The van der Waals surface area contributed by atoms with Gasteiger partial charge >= 0.3 is 0 Å². The van der Waals surface area contributed by atoms with Gasteiger partial charge in [0, 0.05) is 19.6 Å². The Bertz CT molecular complexity index is 340. The highest BCUT2D eigenvalue weighted by molar-refractivity contribution is 5.31. The van der Waals surface area contributed by atoms with Crippen molar-refractivity contribution in [2.24, 2.45) is 5.41 Å². The zero-order chi connectivity index (χ0) is 11.4. The van der Waals surface area contributed by atoms with Crippen LogP contribution in [0.25, 0.3) is 0 Å². The molecule has 1 aliphatic carbocycles. The van der Waals surface area contributed by atoms with E-state index in [9.17, 15) is 0 Å². The van der Waals surface area contributed by atoms with Gasteiger partial charge in [0.1, 0.15) is 0 Å². The lowest BCUT2D eigenvalue weighted by Crippen LogP contribution is -2.37. The van der Waals surface area contributed by atoms with Gasteiger partial charge in [-0.2, -0.15) is 0 Å². The summed E-state index contributed by atoms with van der Waals surface area (Å²) in [5.74, 6) is 0. The highest BCUT2D eigenvalue weighted by Gasteiger charge is 2.34. The van der Waals surface area contributed by atoms with Gasteiger partial charge in [-0.25, -0.2) is 0 Å². The van der Waals surface area contributed by atoms with Crippen molar-refractivity contribution in [3.8, 4) is 0 Å². The molecule has 0 saturated heterocycles. The van der Waals surface area contributed by atoms with Crippen LogP contribution in [-0.4, -0.2) is 27.4 Å². The Hall–Kier alpha value is -0.860. The molecular formula is C14H20O2. The fourth-order valence-electron chi connectivity index (χ4n) is 2.77. The van der Waals surface area contributed by atoms with Gasteiger partial charge < -0.3 is 9.47 Å². The molecule has 16 heavy (non-hydrogen) atoms. The van der Waals surface area contributed by atoms with Gasteiger partial charge in [-0.15, -0.1) is 0 Å². The molecule has 0 atom stereocenters. The molecule has 0 N–H and O–H groups in total. The molecule has 0 spiro atoms.